The summed E-state index contributed by atoms with van der Waals surface area (Å²) in [6, 6.07) is 6.69. The highest BCUT2D eigenvalue weighted by atomic mass is 32.2. The summed E-state index contributed by atoms with van der Waals surface area (Å²) < 4.78 is 32.1. The van der Waals surface area contributed by atoms with Gasteiger partial charge in [-0.2, -0.15) is 4.31 Å². The van der Waals surface area contributed by atoms with Gasteiger partial charge >= 0.3 is 5.97 Å². The molecular weight excluding hydrogens is 368 g/mol. The smallest absolute Gasteiger partial charge is 0.309 e. The van der Waals surface area contributed by atoms with E-state index in [2.05, 4.69) is 5.32 Å². The van der Waals surface area contributed by atoms with Crippen LogP contribution in [-0.2, 0) is 24.3 Å². The van der Waals surface area contributed by atoms with E-state index < -0.39 is 28.0 Å². The Morgan fingerprint density at radius 3 is 2.19 bits per heavy atom. The van der Waals surface area contributed by atoms with Gasteiger partial charge in [0, 0.05) is 19.1 Å². The molecular formula is C19H28N2O5S. The van der Waals surface area contributed by atoms with Crippen LogP contribution < -0.4 is 5.32 Å². The first-order valence-electron chi connectivity index (χ1n) is 9.19. The van der Waals surface area contributed by atoms with Crippen molar-refractivity contribution in [3.05, 3.63) is 29.8 Å². The Balaban J connectivity index is 1.91. The molecule has 0 bridgehead atoms. The highest BCUT2D eigenvalue weighted by molar-refractivity contribution is 7.89. The zero-order valence-corrected chi connectivity index (χ0v) is 17.1. The van der Waals surface area contributed by atoms with E-state index in [4.69, 9.17) is 4.74 Å². The van der Waals surface area contributed by atoms with Gasteiger partial charge in [-0.15, -0.1) is 0 Å². The summed E-state index contributed by atoms with van der Waals surface area (Å²) >= 11 is 0. The minimum atomic E-state index is -3.56. The lowest BCUT2D eigenvalue weighted by atomic mass is 9.98. The van der Waals surface area contributed by atoms with Gasteiger partial charge in [0.15, 0.2) is 6.10 Å². The fourth-order valence-electron chi connectivity index (χ4n) is 2.92. The quantitative estimate of drug-likeness (QED) is 0.741. The number of amides is 1. The monoisotopic (exact) mass is 396 g/mol. The van der Waals surface area contributed by atoms with Gasteiger partial charge in [0.1, 0.15) is 0 Å². The number of nitrogens with one attached hydrogen (secondary N) is 1. The highest BCUT2D eigenvalue weighted by Crippen LogP contribution is 2.25. The van der Waals surface area contributed by atoms with Crippen molar-refractivity contribution in [1.82, 2.24) is 9.62 Å². The summed E-state index contributed by atoms with van der Waals surface area (Å²) in [6.07, 6.45) is -0.112. The third kappa shape index (κ3) is 5.52. The molecule has 1 atom stereocenters. The highest BCUT2D eigenvalue weighted by Gasteiger charge is 2.33. The molecule has 1 fully saturated rings. The summed E-state index contributed by atoms with van der Waals surface area (Å²) in [5, 5.41) is 2.70. The normalized spacial score (nSPS) is 17.5. The van der Waals surface area contributed by atoms with Crippen LogP contribution in [0.25, 0.3) is 0 Å². The standard InChI is InChI=1S/C19H28N2O5S/c1-13(2)20-18(22)15(4)26-19(23)16-9-11-21(12-10-16)27(24,25)17-7-5-14(3)6-8-17/h5-8,13,15-16H,9-12H2,1-4H3,(H,20,22). The van der Waals surface area contributed by atoms with E-state index in [1.165, 1.54) is 11.2 Å². The zero-order valence-electron chi connectivity index (χ0n) is 16.3. The van der Waals surface area contributed by atoms with Gasteiger partial charge in [-0.3, -0.25) is 9.59 Å². The number of sulfonamides is 1. The number of esters is 1. The van der Waals surface area contributed by atoms with Gasteiger partial charge in [-0.1, -0.05) is 17.7 Å². The van der Waals surface area contributed by atoms with Crippen molar-refractivity contribution in [2.75, 3.05) is 13.1 Å². The maximum atomic E-state index is 12.7. The number of hydrogen-bond donors (Lipinski definition) is 1. The predicted octanol–water partition coefficient (Wildman–Crippen LogP) is 1.85. The summed E-state index contributed by atoms with van der Waals surface area (Å²) in [6.45, 7) is 7.60. The number of piperidine rings is 1. The molecule has 1 saturated heterocycles. The van der Waals surface area contributed by atoms with Crippen LogP contribution >= 0.6 is 0 Å². The lowest BCUT2D eigenvalue weighted by Gasteiger charge is -2.30. The molecule has 1 aliphatic rings. The molecule has 1 N–H and O–H groups in total. The van der Waals surface area contributed by atoms with Crippen LogP contribution in [0, 0.1) is 12.8 Å². The fraction of sp³-hybridized carbons (Fsp3) is 0.579. The molecule has 0 aromatic heterocycles. The van der Waals surface area contributed by atoms with Gasteiger partial charge in [-0.05, 0) is 52.7 Å². The molecule has 0 radical (unpaired) electrons. The van der Waals surface area contributed by atoms with Crippen LogP contribution in [0.1, 0.15) is 39.2 Å². The Labute approximate surface area is 161 Å². The van der Waals surface area contributed by atoms with Crippen LogP contribution in [0.4, 0.5) is 0 Å². The Morgan fingerprint density at radius 1 is 1.11 bits per heavy atom. The second kappa shape index (κ2) is 8.84. The Bertz CT molecular complexity index is 766. The van der Waals surface area contributed by atoms with Crippen molar-refractivity contribution in [2.24, 2.45) is 5.92 Å². The number of benzene rings is 1. The first kappa shape index (κ1) is 21.4. The number of carbonyl (C=O) groups excluding carboxylic acids is 2. The SMILES string of the molecule is Cc1ccc(S(=O)(=O)N2CCC(C(=O)OC(C)C(=O)NC(C)C)CC2)cc1. The molecule has 1 unspecified atom stereocenters. The average Bonchev–Trinajstić information content (AvgIpc) is 2.61. The molecule has 1 heterocycles. The predicted molar refractivity (Wildman–Crippen MR) is 101 cm³/mol. The fourth-order valence-corrected chi connectivity index (χ4v) is 4.39. The van der Waals surface area contributed by atoms with Crippen LogP contribution in [0.2, 0.25) is 0 Å². The second-order valence-electron chi connectivity index (χ2n) is 7.23. The van der Waals surface area contributed by atoms with Gasteiger partial charge in [0.2, 0.25) is 10.0 Å². The van der Waals surface area contributed by atoms with E-state index in [0.717, 1.165) is 5.56 Å². The Kier molecular flexibility index (Phi) is 7.00. The van der Waals surface area contributed by atoms with Crippen molar-refractivity contribution in [3.8, 4) is 0 Å². The number of hydrogen-bond acceptors (Lipinski definition) is 5. The van der Waals surface area contributed by atoms with E-state index in [9.17, 15) is 18.0 Å². The first-order valence-corrected chi connectivity index (χ1v) is 10.6. The van der Waals surface area contributed by atoms with Crippen molar-refractivity contribution in [2.45, 2.75) is 57.6 Å². The molecule has 27 heavy (non-hydrogen) atoms. The first-order chi connectivity index (χ1) is 12.6. The Hall–Kier alpha value is -1.93. The zero-order chi connectivity index (χ0) is 20.2. The second-order valence-corrected chi connectivity index (χ2v) is 9.17. The van der Waals surface area contributed by atoms with Crippen molar-refractivity contribution in [3.63, 3.8) is 0 Å². The topological polar surface area (TPSA) is 92.8 Å². The molecule has 1 aromatic rings. The third-order valence-corrected chi connectivity index (χ3v) is 6.45. The van der Waals surface area contributed by atoms with E-state index in [0.29, 0.717) is 12.8 Å². The van der Waals surface area contributed by atoms with E-state index in [1.807, 2.05) is 20.8 Å². The van der Waals surface area contributed by atoms with E-state index in [-0.39, 0.29) is 29.9 Å². The van der Waals surface area contributed by atoms with Gasteiger partial charge in [-0.25, -0.2) is 8.42 Å². The minimum Gasteiger partial charge on any atom is -0.452 e. The van der Waals surface area contributed by atoms with E-state index in [1.54, 1.807) is 24.3 Å². The van der Waals surface area contributed by atoms with Gasteiger partial charge in [0.05, 0.1) is 10.8 Å². The summed E-state index contributed by atoms with van der Waals surface area (Å²) in [7, 11) is -3.56. The minimum absolute atomic E-state index is 0.0335. The lowest BCUT2D eigenvalue weighted by Crippen LogP contribution is -2.43. The average molecular weight is 397 g/mol. The lowest BCUT2D eigenvalue weighted by molar-refractivity contribution is -0.160. The van der Waals surface area contributed by atoms with Crippen molar-refractivity contribution < 1.29 is 22.7 Å². The summed E-state index contributed by atoms with van der Waals surface area (Å²) in [5.41, 5.74) is 0.992. The molecule has 0 aliphatic carbocycles. The molecule has 1 aliphatic heterocycles. The number of aryl methyl sites for hydroxylation is 1. The van der Waals surface area contributed by atoms with Crippen molar-refractivity contribution >= 4 is 21.9 Å². The van der Waals surface area contributed by atoms with Crippen LogP contribution in [0.15, 0.2) is 29.2 Å². The number of ether oxygens (including phenoxy) is 1. The largest absolute Gasteiger partial charge is 0.452 e. The van der Waals surface area contributed by atoms with Crippen molar-refractivity contribution in [1.29, 1.82) is 0 Å². The van der Waals surface area contributed by atoms with E-state index >= 15 is 0 Å². The van der Waals surface area contributed by atoms with Crippen LogP contribution in [0.3, 0.4) is 0 Å². The molecule has 150 valence electrons. The molecule has 0 saturated carbocycles. The maximum Gasteiger partial charge on any atom is 0.309 e. The summed E-state index contributed by atoms with van der Waals surface area (Å²) in [4.78, 5) is 24.4. The van der Waals surface area contributed by atoms with Gasteiger partial charge in [0.25, 0.3) is 5.91 Å². The number of nitrogens with zero attached hydrogens (tertiary/aromatic N) is 1. The van der Waals surface area contributed by atoms with Crippen LogP contribution in [-0.4, -0.2) is 49.8 Å². The molecule has 2 rings (SSSR count). The molecule has 1 aromatic carbocycles. The molecule has 7 nitrogen and oxygen atoms in total. The van der Waals surface area contributed by atoms with Crippen LogP contribution in [0.5, 0.6) is 0 Å². The summed E-state index contributed by atoms with van der Waals surface area (Å²) in [5.74, 6) is -1.18. The third-order valence-electron chi connectivity index (χ3n) is 4.54. The Morgan fingerprint density at radius 2 is 1.67 bits per heavy atom. The molecule has 1 amide bonds. The number of carbonyl (C=O) groups is 2. The molecule has 0 spiro atoms. The number of rotatable bonds is 6. The maximum absolute atomic E-state index is 12.7. The molecule has 8 heteroatoms. The van der Waals surface area contributed by atoms with Gasteiger partial charge < -0.3 is 10.1 Å².